The molecule has 13 heteroatoms. The number of rotatable bonds is 6. The normalized spacial score (nSPS) is 22.3. The molecule has 0 radical (unpaired) electrons. The summed E-state index contributed by atoms with van der Waals surface area (Å²) in [6.45, 7) is 1.87. The van der Waals surface area contributed by atoms with Gasteiger partial charge in [-0.25, -0.2) is 4.98 Å². The number of nitrogens with zero attached hydrogens (tertiary/aromatic N) is 3. The van der Waals surface area contributed by atoms with E-state index in [1.165, 1.54) is 23.8 Å². The van der Waals surface area contributed by atoms with Gasteiger partial charge < -0.3 is 26.1 Å². The van der Waals surface area contributed by atoms with Gasteiger partial charge in [-0.2, -0.15) is 0 Å². The predicted octanol–water partition coefficient (Wildman–Crippen LogP) is 0.104. The van der Waals surface area contributed by atoms with E-state index in [1.54, 1.807) is 0 Å². The Morgan fingerprint density at radius 2 is 2.29 bits per heavy atom. The van der Waals surface area contributed by atoms with Crippen LogP contribution in [0, 0.1) is 0 Å². The van der Waals surface area contributed by atoms with Gasteiger partial charge in [-0.1, -0.05) is 35.0 Å². The van der Waals surface area contributed by atoms with E-state index in [9.17, 15) is 19.8 Å². The molecule has 0 unspecified atom stereocenters. The second kappa shape index (κ2) is 8.25. The van der Waals surface area contributed by atoms with Gasteiger partial charge in [0.05, 0.1) is 5.70 Å². The maximum absolute atomic E-state index is 12.7. The Hall–Kier alpha value is -1.86. The minimum absolute atomic E-state index is 0.0584. The third kappa shape index (κ3) is 3.57. The molecule has 1 fully saturated rings. The van der Waals surface area contributed by atoms with Crippen LogP contribution in [0.5, 0.6) is 0 Å². The maximum atomic E-state index is 12.7. The number of nitrogen functional groups attached to an aromatic ring is 1. The van der Waals surface area contributed by atoms with E-state index in [2.05, 4.69) is 15.5 Å². The van der Waals surface area contributed by atoms with E-state index in [0.717, 1.165) is 16.9 Å². The van der Waals surface area contributed by atoms with E-state index >= 15 is 0 Å². The van der Waals surface area contributed by atoms with Crippen molar-refractivity contribution in [3.63, 3.8) is 0 Å². The Bertz CT molecular complexity index is 871. The van der Waals surface area contributed by atoms with Crippen LogP contribution in [0.25, 0.3) is 0 Å². The molecule has 2 atom stereocenters. The molecule has 0 saturated carbocycles. The van der Waals surface area contributed by atoms with Crippen LogP contribution in [0.15, 0.2) is 16.4 Å². The molecule has 0 bridgehead atoms. The first-order chi connectivity index (χ1) is 13.3. The summed E-state index contributed by atoms with van der Waals surface area (Å²) in [6, 6.07) is -0.860. The summed E-state index contributed by atoms with van der Waals surface area (Å²) < 4.78 is 0.165. The van der Waals surface area contributed by atoms with E-state index in [1.807, 2.05) is 6.92 Å². The SMILES string of the molecule is CCC1=C(C(O)O)N2C(=O)[C@@H](NC(=O)/C(=N\OC)c3nc(N)sc3Cl)[C@H]2SC1. The molecule has 1 aromatic rings. The van der Waals surface area contributed by atoms with Crippen molar-refractivity contribution in [2.45, 2.75) is 31.1 Å². The number of carbonyl (C=O) groups excluding carboxylic acids is 2. The highest BCUT2D eigenvalue weighted by molar-refractivity contribution is 8.00. The van der Waals surface area contributed by atoms with Crippen LogP contribution < -0.4 is 11.1 Å². The number of amides is 2. The number of hydrogen-bond acceptors (Lipinski definition) is 10. The number of thiazole rings is 1. The maximum Gasteiger partial charge on any atom is 0.276 e. The molecule has 2 aliphatic rings. The molecule has 152 valence electrons. The number of aliphatic hydroxyl groups excluding tert-OH is 1. The molecule has 0 aromatic carbocycles. The molecule has 28 heavy (non-hydrogen) atoms. The van der Waals surface area contributed by atoms with Crippen LogP contribution in [-0.4, -0.2) is 68.2 Å². The fourth-order valence-corrected chi connectivity index (χ4v) is 5.40. The van der Waals surface area contributed by atoms with Gasteiger partial charge in [-0.15, -0.1) is 11.8 Å². The molecule has 5 N–H and O–H groups in total. The number of oxime groups is 1. The van der Waals surface area contributed by atoms with Gasteiger partial charge in [0.2, 0.25) is 0 Å². The average molecular weight is 448 g/mol. The molecular formula is C15H18ClN5O5S2. The quantitative estimate of drug-likeness (QED) is 0.207. The molecule has 3 heterocycles. The summed E-state index contributed by atoms with van der Waals surface area (Å²) in [6.07, 6.45) is -1.18. The number of nitrogens with one attached hydrogen (secondary N) is 1. The van der Waals surface area contributed by atoms with Crippen molar-refractivity contribution in [2.24, 2.45) is 5.16 Å². The van der Waals surface area contributed by atoms with Crippen LogP contribution in [-0.2, 0) is 14.4 Å². The number of carbonyl (C=O) groups is 2. The van der Waals surface area contributed by atoms with Gasteiger partial charge in [-0.3, -0.25) is 14.5 Å². The lowest BCUT2D eigenvalue weighted by Crippen LogP contribution is -2.71. The first kappa shape index (κ1) is 20.9. The summed E-state index contributed by atoms with van der Waals surface area (Å²) in [4.78, 5) is 35.3. The van der Waals surface area contributed by atoms with E-state index in [4.69, 9.17) is 22.2 Å². The van der Waals surface area contributed by atoms with E-state index in [0.29, 0.717) is 12.2 Å². The first-order valence-electron chi connectivity index (χ1n) is 8.17. The number of nitrogens with two attached hydrogens (primary N) is 1. The molecule has 1 saturated heterocycles. The van der Waals surface area contributed by atoms with Crippen molar-refractivity contribution >= 4 is 57.4 Å². The van der Waals surface area contributed by atoms with E-state index < -0.39 is 29.5 Å². The van der Waals surface area contributed by atoms with Crippen molar-refractivity contribution in [3.05, 3.63) is 21.3 Å². The number of thioether (sulfide) groups is 1. The fraction of sp³-hybridized carbons (Fsp3) is 0.467. The average Bonchev–Trinajstić information content (AvgIpc) is 3.00. The summed E-state index contributed by atoms with van der Waals surface area (Å²) in [7, 11) is 1.26. The minimum Gasteiger partial charge on any atom is -0.398 e. The van der Waals surface area contributed by atoms with Crippen LogP contribution >= 0.6 is 34.7 Å². The number of aliphatic hydroxyl groups is 2. The van der Waals surface area contributed by atoms with Gasteiger partial charge >= 0.3 is 0 Å². The van der Waals surface area contributed by atoms with Crippen molar-refractivity contribution in [2.75, 3.05) is 18.6 Å². The van der Waals surface area contributed by atoms with E-state index in [-0.39, 0.29) is 26.6 Å². The summed E-state index contributed by atoms with van der Waals surface area (Å²) >= 11 is 8.46. The molecule has 0 spiro atoms. The summed E-state index contributed by atoms with van der Waals surface area (Å²) in [5, 5.41) is 25.3. The molecular weight excluding hydrogens is 430 g/mol. The zero-order valence-electron chi connectivity index (χ0n) is 14.9. The molecule has 2 amide bonds. The third-order valence-electron chi connectivity index (χ3n) is 4.28. The lowest BCUT2D eigenvalue weighted by atomic mass is 10.0. The largest absolute Gasteiger partial charge is 0.398 e. The predicted molar refractivity (Wildman–Crippen MR) is 106 cm³/mol. The monoisotopic (exact) mass is 447 g/mol. The smallest absolute Gasteiger partial charge is 0.276 e. The van der Waals surface area contributed by atoms with Crippen molar-refractivity contribution in [1.29, 1.82) is 0 Å². The van der Waals surface area contributed by atoms with Gasteiger partial charge in [0.25, 0.3) is 11.8 Å². The summed E-state index contributed by atoms with van der Waals surface area (Å²) in [5.41, 5.74) is 6.42. The van der Waals surface area contributed by atoms with Gasteiger partial charge in [0, 0.05) is 5.75 Å². The Labute approximate surface area is 173 Å². The van der Waals surface area contributed by atoms with Gasteiger partial charge in [0.1, 0.15) is 28.6 Å². The van der Waals surface area contributed by atoms with Crippen molar-refractivity contribution in [3.8, 4) is 0 Å². The Balaban J connectivity index is 1.80. The zero-order chi connectivity index (χ0) is 20.6. The van der Waals surface area contributed by atoms with Crippen LogP contribution in [0.2, 0.25) is 4.34 Å². The molecule has 2 aliphatic heterocycles. The Morgan fingerprint density at radius 1 is 1.57 bits per heavy atom. The fourth-order valence-electron chi connectivity index (χ4n) is 3.00. The number of fused-ring (bicyclic) bond motifs is 1. The van der Waals surface area contributed by atoms with Crippen molar-refractivity contribution in [1.82, 2.24) is 15.2 Å². The van der Waals surface area contributed by atoms with Crippen molar-refractivity contribution < 1.29 is 24.6 Å². The molecule has 3 rings (SSSR count). The standard InChI is InChI=1S/C15H18ClN5O5S2/c1-3-5-4-27-13-8(12(23)21(13)9(5)14(24)25)18-11(22)7(20-26-2)6-10(16)28-15(17)19-6/h8,13-14,24-25H,3-4H2,1-2H3,(H2,17,19)(H,18,22)/b20-7-/t8-,13-/m1/s1. The lowest BCUT2D eigenvalue weighted by Gasteiger charge is -2.50. The van der Waals surface area contributed by atoms with Crippen LogP contribution in [0.4, 0.5) is 5.13 Å². The number of aromatic nitrogens is 1. The van der Waals surface area contributed by atoms with Gasteiger partial charge in [-0.05, 0) is 12.0 Å². The summed E-state index contributed by atoms with van der Waals surface area (Å²) in [5.74, 6) is -0.623. The third-order valence-corrected chi connectivity index (χ3v) is 6.70. The second-order valence-electron chi connectivity index (χ2n) is 5.87. The molecule has 1 aromatic heterocycles. The lowest BCUT2D eigenvalue weighted by molar-refractivity contribution is -0.149. The zero-order valence-corrected chi connectivity index (χ0v) is 17.3. The minimum atomic E-state index is -1.76. The Morgan fingerprint density at radius 3 is 2.82 bits per heavy atom. The highest BCUT2D eigenvalue weighted by atomic mass is 35.5. The topological polar surface area (TPSA) is 150 Å². The number of β-lactam (4-membered cyclic amide) rings is 1. The van der Waals surface area contributed by atoms with Crippen LogP contribution in [0.1, 0.15) is 19.0 Å². The Kier molecular flexibility index (Phi) is 6.15. The van der Waals surface area contributed by atoms with Crippen LogP contribution in [0.3, 0.4) is 0 Å². The number of anilines is 1. The first-order valence-corrected chi connectivity index (χ1v) is 10.4. The molecule has 0 aliphatic carbocycles. The number of hydrogen-bond donors (Lipinski definition) is 4. The highest BCUT2D eigenvalue weighted by Gasteiger charge is 2.53. The second-order valence-corrected chi connectivity index (χ2v) is 8.61. The molecule has 10 nitrogen and oxygen atoms in total. The number of halogens is 1. The van der Waals surface area contributed by atoms with Gasteiger partial charge in [0.15, 0.2) is 17.1 Å². The highest BCUT2D eigenvalue weighted by Crippen LogP contribution is 2.41.